The predicted molar refractivity (Wildman–Crippen MR) is 69.6 cm³/mol. The van der Waals surface area contributed by atoms with Crippen LogP contribution in [-0.4, -0.2) is 35.6 Å². The minimum atomic E-state index is -0.888. The second-order valence-electron chi connectivity index (χ2n) is 4.37. The monoisotopic (exact) mass is 268 g/mol. The van der Waals surface area contributed by atoms with Crippen LogP contribution in [0.3, 0.4) is 0 Å². The van der Waals surface area contributed by atoms with E-state index in [9.17, 15) is 14.7 Å². The minimum absolute atomic E-state index is 0.150. The van der Waals surface area contributed by atoms with E-state index in [0.717, 1.165) is 0 Å². The van der Waals surface area contributed by atoms with E-state index in [1.165, 1.54) is 12.3 Å². The molecule has 0 aliphatic carbocycles. The number of amides is 2. The van der Waals surface area contributed by atoms with Gasteiger partial charge in [-0.05, 0) is 25.0 Å². The molecule has 1 aromatic heterocycles. The summed E-state index contributed by atoms with van der Waals surface area (Å²) in [5.74, 6) is -0.631. The van der Waals surface area contributed by atoms with E-state index in [1.807, 2.05) is 13.8 Å². The maximum absolute atomic E-state index is 11.5. The highest BCUT2D eigenvalue weighted by atomic mass is 16.3. The van der Waals surface area contributed by atoms with Gasteiger partial charge in [-0.25, -0.2) is 0 Å². The summed E-state index contributed by atoms with van der Waals surface area (Å²) >= 11 is 0. The molecule has 0 aliphatic heterocycles. The van der Waals surface area contributed by atoms with Crippen molar-refractivity contribution in [2.24, 2.45) is 0 Å². The molecule has 6 heteroatoms. The molecule has 0 aliphatic rings. The van der Waals surface area contributed by atoms with Gasteiger partial charge in [0.25, 0.3) is 5.91 Å². The van der Waals surface area contributed by atoms with Crippen LogP contribution in [0.5, 0.6) is 0 Å². The molecule has 19 heavy (non-hydrogen) atoms. The molecule has 0 atom stereocenters. The lowest BCUT2D eigenvalue weighted by atomic mass is 9.98. The average molecular weight is 268 g/mol. The van der Waals surface area contributed by atoms with Gasteiger partial charge in [0.2, 0.25) is 5.91 Å². The van der Waals surface area contributed by atoms with E-state index in [2.05, 4.69) is 10.6 Å². The third-order valence-corrected chi connectivity index (χ3v) is 3.09. The van der Waals surface area contributed by atoms with Crippen LogP contribution in [0.4, 0.5) is 0 Å². The second-order valence-corrected chi connectivity index (χ2v) is 4.37. The number of carbonyl (C=O) groups is 2. The quantitative estimate of drug-likeness (QED) is 0.678. The summed E-state index contributed by atoms with van der Waals surface area (Å²) in [6.45, 7) is 3.74. The Morgan fingerprint density at radius 3 is 2.53 bits per heavy atom. The highest BCUT2D eigenvalue weighted by molar-refractivity contribution is 5.94. The van der Waals surface area contributed by atoms with Crippen LogP contribution in [0.1, 0.15) is 37.2 Å². The molecule has 6 nitrogen and oxygen atoms in total. The number of furan rings is 1. The predicted octanol–water partition coefficient (Wildman–Crippen LogP) is 0.677. The van der Waals surface area contributed by atoms with Crippen molar-refractivity contribution in [1.82, 2.24) is 10.6 Å². The second kappa shape index (κ2) is 6.94. The number of hydrogen-bond acceptors (Lipinski definition) is 4. The zero-order valence-corrected chi connectivity index (χ0v) is 11.2. The fourth-order valence-corrected chi connectivity index (χ4v) is 1.48. The highest BCUT2D eigenvalue weighted by Gasteiger charge is 2.22. The maximum Gasteiger partial charge on any atom is 0.287 e. The molecule has 106 valence electrons. The number of nitrogens with one attached hydrogen (secondary N) is 2. The van der Waals surface area contributed by atoms with Crippen LogP contribution in [0.2, 0.25) is 0 Å². The zero-order chi connectivity index (χ0) is 14.3. The Labute approximate surface area is 112 Å². The third-order valence-electron chi connectivity index (χ3n) is 3.09. The zero-order valence-electron chi connectivity index (χ0n) is 11.2. The van der Waals surface area contributed by atoms with E-state index >= 15 is 0 Å². The van der Waals surface area contributed by atoms with Crippen molar-refractivity contribution in [2.75, 3.05) is 13.1 Å². The van der Waals surface area contributed by atoms with Gasteiger partial charge in [0.15, 0.2) is 5.76 Å². The SMILES string of the molecule is CCC(O)(CC)CNC(=O)CNC(=O)c1ccco1. The van der Waals surface area contributed by atoms with Gasteiger partial charge in [-0.1, -0.05) is 13.8 Å². The van der Waals surface area contributed by atoms with Crippen LogP contribution in [0.15, 0.2) is 22.8 Å². The summed E-state index contributed by atoms with van der Waals surface area (Å²) in [5.41, 5.74) is -0.888. The maximum atomic E-state index is 11.5. The summed E-state index contributed by atoms with van der Waals surface area (Å²) in [5, 5.41) is 15.0. The molecule has 0 bridgehead atoms. The number of rotatable bonds is 7. The number of carbonyl (C=O) groups excluding carboxylic acids is 2. The largest absolute Gasteiger partial charge is 0.459 e. The van der Waals surface area contributed by atoms with Crippen molar-refractivity contribution in [3.63, 3.8) is 0 Å². The molecule has 0 saturated heterocycles. The van der Waals surface area contributed by atoms with Crippen molar-refractivity contribution in [2.45, 2.75) is 32.3 Å². The molecular formula is C13H20N2O4. The molecule has 0 radical (unpaired) electrons. The Morgan fingerprint density at radius 1 is 1.32 bits per heavy atom. The Balaban J connectivity index is 2.30. The average Bonchev–Trinajstić information content (AvgIpc) is 2.96. The van der Waals surface area contributed by atoms with Gasteiger partial charge in [0, 0.05) is 6.54 Å². The first-order valence-corrected chi connectivity index (χ1v) is 6.31. The molecule has 0 fully saturated rings. The number of hydrogen-bond donors (Lipinski definition) is 3. The van der Waals surface area contributed by atoms with E-state index in [0.29, 0.717) is 12.8 Å². The molecule has 0 unspecified atom stereocenters. The lowest BCUT2D eigenvalue weighted by molar-refractivity contribution is -0.121. The van der Waals surface area contributed by atoms with Gasteiger partial charge in [0.05, 0.1) is 18.4 Å². The Hall–Kier alpha value is -1.82. The molecule has 1 rings (SSSR count). The summed E-state index contributed by atoms with van der Waals surface area (Å²) in [4.78, 5) is 23.0. The first kappa shape index (κ1) is 15.2. The fourth-order valence-electron chi connectivity index (χ4n) is 1.48. The smallest absolute Gasteiger partial charge is 0.287 e. The highest BCUT2D eigenvalue weighted by Crippen LogP contribution is 2.12. The third kappa shape index (κ3) is 4.75. The van der Waals surface area contributed by atoms with Crippen molar-refractivity contribution in [3.8, 4) is 0 Å². The van der Waals surface area contributed by atoms with E-state index in [1.54, 1.807) is 6.07 Å². The summed E-state index contributed by atoms with van der Waals surface area (Å²) in [6, 6.07) is 3.11. The number of aliphatic hydroxyl groups is 1. The molecular weight excluding hydrogens is 248 g/mol. The standard InChI is InChI=1S/C13H20N2O4/c1-3-13(18,4-2)9-15-11(16)8-14-12(17)10-6-5-7-19-10/h5-7,18H,3-4,8-9H2,1-2H3,(H,14,17)(H,15,16). The van der Waals surface area contributed by atoms with Crippen LogP contribution >= 0.6 is 0 Å². The van der Waals surface area contributed by atoms with Crippen molar-refractivity contribution < 1.29 is 19.1 Å². The van der Waals surface area contributed by atoms with Crippen LogP contribution in [0.25, 0.3) is 0 Å². The van der Waals surface area contributed by atoms with Gasteiger partial charge in [-0.3, -0.25) is 9.59 Å². The van der Waals surface area contributed by atoms with Gasteiger partial charge in [-0.15, -0.1) is 0 Å². The molecule has 3 N–H and O–H groups in total. The normalized spacial score (nSPS) is 11.1. The van der Waals surface area contributed by atoms with E-state index < -0.39 is 11.5 Å². The minimum Gasteiger partial charge on any atom is -0.459 e. The molecule has 2 amide bonds. The molecule has 0 spiro atoms. The fraction of sp³-hybridized carbons (Fsp3) is 0.538. The van der Waals surface area contributed by atoms with E-state index in [-0.39, 0.29) is 24.8 Å². The Kier molecular flexibility index (Phi) is 5.57. The van der Waals surface area contributed by atoms with Crippen LogP contribution < -0.4 is 10.6 Å². The summed E-state index contributed by atoms with van der Waals surface area (Å²) in [6.07, 6.45) is 2.50. The van der Waals surface area contributed by atoms with Crippen LogP contribution in [0, 0.1) is 0 Å². The van der Waals surface area contributed by atoms with Gasteiger partial charge in [0.1, 0.15) is 0 Å². The van der Waals surface area contributed by atoms with Gasteiger partial charge < -0.3 is 20.2 Å². The lowest BCUT2D eigenvalue weighted by Crippen LogP contribution is -2.45. The Morgan fingerprint density at radius 2 is 2.00 bits per heavy atom. The van der Waals surface area contributed by atoms with Gasteiger partial charge in [-0.2, -0.15) is 0 Å². The molecule has 1 heterocycles. The summed E-state index contributed by atoms with van der Waals surface area (Å²) in [7, 11) is 0. The first-order valence-electron chi connectivity index (χ1n) is 6.31. The summed E-state index contributed by atoms with van der Waals surface area (Å²) < 4.78 is 4.89. The van der Waals surface area contributed by atoms with Crippen molar-refractivity contribution in [1.29, 1.82) is 0 Å². The topological polar surface area (TPSA) is 91.6 Å². The molecule has 0 aromatic carbocycles. The van der Waals surface area contributed by atoms with E-state index in [4.69, 9.17) is 4.42 Å². The van der Waals surface area contributed by atoms with Crippen molar-refractivity contribution >= 4 is 11.8 Å². The molecule has 0 saturated carbocycles. The van der Waals surface area contributed by atoms with Crippen molar-refractivity contribution in [3.05, 3.63) is 24.2 Å². The first-order chi connectivity index (χ1) is 9.00. The lowest BCUT2D eigenvalue weighted by Gasteiger charge is -2.25. The Bertz CT molecular complexity index is 410. The van der Waals surface area contributed by atoms with Gasteiger partial charge >= 0.3 is 0 Å². The molecule has 1 aromatic rings. The van der Waals surface area contributed by atoms with Crippen LogP contribution in [-0.2, 0) is 4.79 Å².